The first-order valence-corrected chi connectivity index (χ1v) is 7.79. The summed E-state index contributed by atoms with van der Waals surface area (Å²) in [6.07, 6.45) is 4.57. The summed E-state index contributed by atoms with van der Waals surface area (Å²) in [5, 5.41) is 4.03. The van der Waals surface area contributed by atoms with E-state index in [0.29, 0.717) is 0 Å². The maximum atomic E-state index is 11.0. The number of hydrogen-bond donors (Lipinski definition) is 1. The second-order valence-corrected chi connectivity index (χ2v) is 6.30. The molecule has 0 bridgehead atoms. The van der Waals surface area contributed by atoms with Gasteiger partial charge in [-0.05, 0) is 34.0 Å². The molecule has 0 fully saturated rings. The van der Waals surface area contributed by atoms with Crippen LogP contribution in [-0.4, -0.2) is 19.7 Å². The van der Waals surface area contributed by atoms with Gasteiger partial charge in [-0.3, -0.25) is 4.98 Å². The van der Waals surface area contributed by atoms with Crippen molar-refractivity contribution in [2.45, 2.75) is 6.54 Å². The largest absolute Gasteiger partial charge is 0.264 e. The molecule has 1 N–H and O–H groups in total. The Morgan fingerprint density at radius 1 is 1.35 bits per heavy atom. The molecule has 0 aliphatic carbocycles. The van der Waals surface area contributed by atoms with Gasteiger partial charge in [0.2, 0.25) is 10.0 Å². The van der Waals surface area contributed by atoms with Crippen molar-refractivity contribution in [1.82, 2.24) is 9.71 Å². The normalized spacial score (nSPS) is 11.6. The molecule has 2 aromatic heterocycles. The number of nitrogens with one attached hydrogen (secondary N) is 1. The van der Waals surface area contributed by atoms with Crippen molar-refractivity contribution in [3.63, 3.8) is 0 Å². The minimum Gasteiger partial charge on any atom is -0.264 e. The molecule has 0 atom stereocenters. The van der Waals surface area contributed by atoms with Crippen molar-refractivity contribution in [2.24, 2.45) is 0 Å². The van der Waals surface area contributed by atoms with Crippen LogP contribution in [0.25, 0.3) is 11.1 Å². The van der Waals surface area contributed by atoms with E-state index in [0.717, 1.165) is 22.9 Å². The van der Waals surface area contributed by atoms with E-state index in [1.54, 1.807) is 23.7 Å². The fourth-order valence-electron chi connectivity index (χ4n) is 1.39. The molecule has 0 aromatic carbocycles. The first-order chi connectivity index (χ1) is 8.04. The Labute approximate surface area is 104 Å². The molecule has 0 saturated carbocycles. The molecule has 0 aliphatic heterocycles. The van der Waals surface area contributed by atoms with Crippen LogP contribution < -0.4 is 4.72 Å². The molecule has 0 spiro atoms. The Balaban J connectivity index is 2.18. The van der Waals surface area contributed by atoms with Crippen molar-refractivity contribution in [1.29, 1.82) is 0 Å². The lowest BCUT2D eigenvalue weighted by Gasteiger charge is -2.04. The van der Waals surface area contributed by atoms with Gasteiger partial charge in [-0.1, -0.05) is 0 Å². The maximum Gasteiger partial charge on any atom is 0.209 e. The number of thiophene rings is 1. The van der Waals surface area contributed by atoms with Gasteiger partial charge in [0, 0.05) is 24.5 Å². The molecule has 0 aliphatic rings. The van der Waals surface area contributed by atoms with Crippen molar-refractivity contribution in [3.8, 4) is 11.1 Å². The van der Waals surface area contributed by atoms with E-state index in [4.69, 9.17) is 0 Å². The monoisotopic (exact) mass is 268 g/mol. The maximum absolute atomic E-state index is 11.0. The van der Waals surface area contributed by atoms with E-state index < -0.39 is 10.0 Å². The average Bonchev–Trinajstić information content (AvgIpc) is 2.79. The van der Waals surface area contributed by atoms with Gasteiger partial charge in [-0.2, -0.15) is 11.3 Å². The predicted octanol–water partition coefficient (Wildman–Crippen LogP) is 1.86. The van der Waals surface area contributed by atoms with Gasteiger partial charge in [-0.15, -0.1) is 0 Å². The number of sulfonamides is 1. The lowest BCUT2D eigenvalue weighted by atomic mass is 10.1. The van der Waals surface area contributed by atoms with E-state index in [1.807, 2.05) is 22.9 Å². The number of nitrogens with zero attached hydrogens (tertiary/aromatic N) is 1. The third kappa shape index (κ3) is 3.62. The predicted molar refractivity (Wildman–Crippen MR) is 69.2 cm³/mol. The van der Waals surface area contributed by atoms with E-state index in [9.17, 15) is 8.42 Å². The lowest BCUT2D eigenvalue weighted by molar-refractivity contribution is 0.587. The minimum absolute atomic E-state index is 0.268. The molecule has 0 unspecified atom stereocenters. The molecule has 0 radical (unpaired) electrons. The van der Waals surface area contributed by atoms with Crippen LogP contribution in [0, 0.1) is 0 Å². The summed E-state index contributed by atoms with van der Waals surface area (Å²) < 4.78 is 24.4. The summed E-state index contributed by atoms with van der Waals surface area (Å²) in [7, 11) is -3.16. The second-order valence-electron chi connectivity index (χ2n) is 3.69. The van der Waals surface area contributed by atoms with Crippen LogP contribution >= 0.6 is 11.3 Å². The van der Waals surface area contributed by atoms with Gasteiger partial charge in [0.25, 0.3) is 0 Å². The Morgan fingerprint density at radius 3 is 2.82 bits per heavy atom. The second kappa shape index (κ2) is 4.95. The summed E-state index contributed by atoms with van der Waals surface area (Å²) in [6.45, 7) is 0.268. The summed E-state index contributed by atoms with van der Waals surface area (Å²) in [4.78, 5) is 4.11. The van der Waals surface area contributed by atoms with E-state index in [-0.39, 0.29) is 6.54 Å². The van der Waals surface area contributed by atoms with Crippen LogP contribution in [0.4, 0.5) is 0 Å². The van der Waals surface area contributed by atoms with Crippen LogP contribution in [0.1, 0.15) is 5.56 Å². The number of rotatable bonds is 4. The molecular weight excluding hydrogens is 256 g/mol. The summed E-state index contributed by atoms with van der Waals surface area (Å²) in [5.74, 6) is 0. The summed E-state index contributed by atoms with van der Waals surface area (Å²) >= 11 is 1.62. The highest BCUT2D eigenvalue weighted by Gasteiger charge is 2.03. The molecule has 0 saturated heterocycles. The average molecular weight is 268 g/mol. The molecule has 17 heavy (non-hydrogen) atoms. The molecule has 4 nitrogen and oxygen atoms in total. The molecule has 90 valence electrons. The van der Waals surface area contributed by atoms with E-state index in [2.05, 4.69) is 9.71 Å². The van der Waals surface area contributed by atoms with Gasteiger partial charge < -0.3 is 0 Å². The Morgan fingerprint density at radius 2 is 2.18 bits per heavy atom. The minimum atomic E-state index is -3.16. The first-order valence-electron chi connectivity index (χ1n) is 4.96. The molecule has 2 rings (SSSR count). The summed E-state index contributed by atoms with van der Waals surface area (Å²) in [6, 6.07) is 3.95. The topological polar surface area (TPSA) is 59.1 Å². The SMILES string of the molecule is CS(=O)(=O)NCc1cncc(-c2ccsc2)c1. The third-order valence-electron chi connectivity index (χ3n) is 2.19. The quantitative estimate of drug-likeness (QED) is 0.920. The van der Waals surface area contributed by atoms with E-state index >= 15 is 0 Å². The van der Waals surface area contributed by atoms with Crippen molar-refractivity contribution >= 4 is 21.4 Å². The van der Waals surface area contributed by atoms with Crippen molar-refractivity contribution in [2.75, 3.05) is 6.26 Å². The van der Waals surface area contributed by atoms with Crippen LogP contribution in [0.3, 0.4) is 0 Å². The molecule has 6 heteroatoms. The molecule has 2 heterocycles. The fourth-order valence-corrected chi connectivity index (χ4v) is 2.48. The van der Waals surface area contributed by atoms with E-state index in [1.165, 1.54) is 0 Å². The van der Waals surface area contributed by atoms with Gasteiger partial charge in [0.15, 0.2) is 0 Å². The van der Waals surface area contributed by atoms with Crippen LogP contribution in [0.2, 0.25) is 0 Å². The number of pyridine rings is 1. The van der Waals surface area contributed by atoms with Gasteiger partial charge in [-0.25, -0.2) is 13.1 Å². The Bertz CT molecular complexity index is 592. The molecule has 2 aromatic rings. The molecular formula is C11H12N2O2S2. The highest BCUT2D eigenvalue weighted by atomic mass is 32.2. The van der Waals surface area contributed by atoms with Crippen molar-refractivity contribution < 1.29 is 8.42 Å². The zero-order valence-corrected chi connectivity index (χ0v) is 10.9. The standard InChI is InChI=1S/C11H12N2O2S2/c1-17(14,15)13-6-9-4-11(7-12-5-9)10-2-3-16-8-10/h2-5,7-8,13H,6H2,1H3. The van der Waals surface area contributed by atoms with Gasteiger partial charge in [0.05, 0.1) is 6.26 Å². The highest BCUT2D eigenvalue weighted by molar-refractivity contribution is 7.88. The number of aromatic nitrogens is 1. The third-order valence-corrected chi connectivity index (χ3v) is 3.54. The van der Waals surface area contributed by atoms with Crippen LogP contribution in [0.5, 0.6) is 0 Å². The zero-order valence-electron chi connectivity index (χ0n) is 9.25. The summed E-state index contributed by atoms with van der Waals surface area (Å²) in [5.41, 5.74) is 2.95. The van der Waals surface area contributed by atoms with Crippen LogP contribution in [-0.2, 0) is 16.6 Å². The smallest absolute Gasteiger partial charge is 0.209 e. The van der Waals surface area contributed by atoms with Crippen molar-refractivity contribution in [3.05, 3.63) is 40.8 Å². The van der Waals surface area contributed by atoms with Gasteiger partial charge in [0.1, 0.15) is 0 Å². The van der Waals surface area contributed by atoms with Crippen LogP contribution in [0.15, 0.2) is 35.3 Å². The lowest BCUT2D eigenvalue weighted by Crippen LogP contribution is -2.21. The Hall–Kier alpha value is -1.24. The Kier molecular flexibility index (Phi) is 3.56. The first kappa shape index (κ1) is 12.2. The van der Waals surface area contributed by atoms with Gasteiger partial charge >= 0.3 is 0 Å². The molecule has 0 amide bonds. The fraction of sp³-hybridized carbons (Fsp3) is 0.182. The zero-order chi connectivity index (χ0) is 12.3. The highest BCUT2D eigenvalue weighted by Crippen LogP contribution is 2.21. The number of hydrogen-bond acceptors (Lipinski definition) is 4.